The number of nitrogen functional groups attached to an aromatic ring is 1. The first-order valence-corrected chi connectivity index (χ1v) is 9.84. The molecule has 5 rings (SSSR count). The third-order valence-electron chi connectivity index (χ3n) is 5.56. The van der Waals surface area contributed by atoms with E-state index in [4.69, 9.17) is 10.7 Å². The van der Waals surface area contributed by atoms with Gasteiger partial charge in [-0.25, -0.2) is 19.9 Å². The largest absolute Gasteiger partial charge is 0.382 e. The van der Waals surface area contributed by atoms with Crippen LogP contribution in [0.5, 0.6) is 0 Å². The van der Waals surface area contributed by atoms with Crippen LogP contribution in [0.3, 0.4) is 0 Å². The number of imidazole rings is 1. The van der Waals surface area contributed by atoms with Gasteiger partial charge in [-0.05, 0) is 43.9 Å². The van der Waals surface area contributed by atoms with Crippen molar-refractivity contribution >= 4 is 33.6 Å². The highest BCUT2D eigenvalue weighted by molar-refractivity contribution is 5.83. The Balaban J connectivity index is 1.78. The first-order valence-electron chi connectivity index (χ1n) is 9.84. The Labute approximate surface area is 172 Å². The molecule has 150 valence electrons. The fraction of sp³-hybridized carbons (Fsp3) is 0.227. The minimum absolute atomic E-state index is 0.0451. The van der Waals surface area contributed by atoms with E-state index in [0.717, 1.165) is 29.7 Å². The number of benzene rings is 1. The number of anilines is 1. The Kier molecular flexibility index (Phi) is 4.20. The van der Waals surface area contributed by atoms with Crippen LogP contribution in [0.4, 0.5) is 5.82 Å². The van der Waals surface area contributed by atoms with E-state index in [1.807, 2.05) is 36.6 Å². The molecule has 1 aliphatic rings. The molecule has 0 saturated heterocycles. The van der Waals surface area contributed by atoms with Crippen molar-refractivity contribution < 1.29 is 0 Å². The summed E-state index contributed by atoms with van der Waals surface area (Å²) in [4.78, 5) is 31.2. The van der Waals surface area contributed by atoms with Gasteiger partial charge in [0, 0.05) is 5.70 Å². The van der Waals surface area contributed by atoms with Gasteiger partial charge < -0.3 is 10.3 Å². The van der Waals surface area contributed by atoms with Crippen molar-refractivity contribution in [2.75, 3.05) is 5.73 Å². The molecule has 0 unspecified atom stereocenters. The lowest BCUT2D eigenvalue weighted by Crippen LogP contribution is -2.27. The molecule has 0 spiro atoms. The summed E-state index contributed by atoms with van der Waals surface area (Å²) in [6, 6.07) is 5.75. The summed E-state index contributed by atoms with van der Waals surface area (Å²) >= 11 is 0. The van der Waals surface area contributed by atoms with Crippen molar-refractivity contribution in [3.8, 4) is 0 Å². The van der Waals surface area contributed by atoms with E-state index in [0.29, 0.717) is 40.3 Å². The number of allylic oxidation sites excluding steroid dienone is 4. The van der Waals surface area contributed by atoms with Gasteiger partial charge in [-0.3, -0.25) is 9.36 Å². The van der Waals surface area contributed by atoms with E-state index < -0.39 is 0 Å². The molecule has 2 N–H and O–H groups in total. The van der Waals surface area contributed by atoms with Crippen molar-refractivity contribution in [3.05, 3.63) is 70.3 Å². The molecule has 8 heteroatoms. The highest BCUT2D eigenvalue weighted by Gasteiger charge is 2.19. The molecule has 1 aliphatic carbocycles. The molecule has 4 aromatic rings. The van der Waals surface area contributed by atoms with Crippen LogP contribution in [0.2, 0.25) is 0 Å². The maximum atomic E-state index is 13.7. The molecule has 1 aromatic carbocycles. The van der Waals surface area contributed by atoms with Crippen LogP contribution >= 0.6 is 0 Å². The minimum Gasteiger partial charge on any atom is -0.382 e. The standard InChI is InChI=1S/C22H21N7O/c1-13-6-3-4-9-16(13)29-17(27-15-8-5-7-14(2)18(15)22(29)30)10-28-12-26-19-20(23)24-11-25-21(19)28/h3,5-8,11-12H,4,9-10H2,1-2H3,(H2,23,24,25). The third-order valence-corrected chi connectivity index (χ3v) is 5.56. The zero-order valence-corrected chi connectivity index (χ0v) is 16.8. The molecule has 8 nitrogen and oxygen atoms in total. The van der Waals surface area contributed by atoms with Crippen LogP contribution in [-0.2, 0) is 6.54 Å². The number of aromatic nitrogens is 6. The fourth-order valence-electron chi connectivity index (χ4n) is 4.05. The van der Waals surface area contributed by atoms with Gasteiger partial charge >= 0.3 is 0 Å². The van der Waals surface area contributed by atoms with Crippen molar-refractivity contribution in [1.29, 1.82) is 0 Å². The van der Waals surface area contributed by atoms with Crippen LogP contribution in [0.1, 0.15) is 31.2 Å². The molecule has 0 amide bonds. The summed E-state index contributed by atoms with van der Waals surface area (Å²) in [5.74, 6) is 0.966. The SMILES string of the molecule is CC1=C(n2c(Cn3cnc4c(N)ncnc43)nc3cccc(C)c3c2=O)CCC=C1. The molecular weight excluding hydrogens is 378 g/mol. The Bertz CT molecular complexity index is 1420. The number of rotatable bonds is 3. The van der Waals surface area contributed by atoms with E-state index >= 15 is 0 Å². The van der Waals surface area contributed by atoms with Gasteiger partial charge in [0.1, 0.15) is 17.7 Å². The predicted octanol–water partition coefficient (Wildman–Crippen LogP) is 3.06. The third kappa shape index (κ3) is 2.80. The van der Waals surface area contributed by atoms with E-state index in [9.17, 15) is 4.79 Å². The minimum atomic E-state index is -0.0451. The lowest BCUT2D eigenvalue weighted by molar-refractivity contribution is 0.711. The van der Waals surface area contributed by atoms with Gasteiger partial charge in [0.2, 0.25) is 0 Å². The Morgan fingerprint density at radius 3 is 2.87 bits per heavy atom. The number of hydrogen-bond donors (Lipinski definition) is 1. The highest BCUT2D eigenvalue weighted by atomic mass is 16.1. The first-order chi connectivity index (χ1) is 14.5. The molecular formula is C22H21N7O. The quantitative estimate of drug-likeness (QED) is 0.568. The van der Waals surface area contributed by atoms with E-state index in [1.54, 1.807) is 10.9 Å². The van der Waals surface area contributed by atoms with Crippen LogP contribution in [0, 0.1) is 6.92 Å². The summed E-state index contributed by atoms with van der Waals surface area (Å²) in [6.07, 6.45) is 8.95. The van der Waals surface area contributed by atoms with E-state index in [2.05, 4.69) is 27.1 Å². The zero-order chi connectivity index (χ0) is 20.8. The van der Waals surface area contributed by atoms with Crippen molar-refractivity contribution in [2.24, 2.45) is 0 Å². The second-order valence-electron chi connectivity index (χ2n) is 7.51. The maximum Gasteiger partial charge on any atom is 0.266 e. The summed E-state index contributed by atoms with van der Waals surface area (Å²) in [6.45, 7) is 4.32. The summed E-state index contributed by atoms with van der Waals surface area (Å²) < 4.78 is 3.62. The molecule has 3 aromatic heterocycles. The lowest BCUT2D eigenvalue weighted by atomic mass is 10.0. The topological polar surface area (TPSA) is 105 Å². The fourth-order valence-corrected chi connectivity index (χ4v) is 4.05. The van der Waals surface area contributed by atoms with Crippen LogP contribution in [-0.4, -0.2) is 29.1 Å². The second kappa shape index (κ2) is 6.91. The van der Waals surface area contributed by atoms with Crippen molar-refractivity contribution in [1.82, 2.24) is 29.1 Å². The van der Waals surface area contributed by atoms with Gasteiger partial charge in [0.15, 0.2) is 11.5 Å². The number of nitrogens with two attached hydrogens (primary N) is 1. The number of aryl methyl sites for hydroxylation is 1. The van der Waals surface area contributed by atoms with E-state index in [1.165, 1.54) is 6.33 Å². The summed E-state index contributed by atoms with van der Waals surface area (Å²) in [5, 5.41) is 0.651. The molecule has 0 aliphatic heterocycles. The molecule has 0 bridgehead atoms. The monoisotopic (exact) mass is 399 g/mol. The second-order valence-corrected chi connectivity index (χ2v) is 7.51. The Morgan fingerprint density at radius 1 is 1.17 bits per heavy atom. The number of nitrogens with zero attached hydrogens (tertiary/aromatic N) is 6. The predicted molar refractivity (Wildman–Crippen MR) is 117 cm³/mol. The van der Waals surface area contributed by atoms with Crippen LogP contribution in [0.15, 0.2) is 53.4 Å². The first kappa shape index (κ1) is 18.2. The van der Waals surface area contributed by atoms with Crippen LogP contribution in [0.25, 0.3) is 27.8 Å². The number of hydrogen-bond acceptors (Lipinski definition) is 6. The Hall–Kier alpha value is -3.81. The van der Waals surface area contributed by atoms with E-state index in [-0.39, 0.29) is 5.56 Å². The summed E-state index contributed by atoms with van der Waals surface area (Å²) in [5.41, 5.74) is 10.7. The lowest BCUT2D eigenvalue weighted by Gasteiger charge is -2.20. The maximum absolute atomic E-state index is 13.7. The molecule has 0 atom stereocenters. The average molecular weight is 399 g/mol. The van der Waals surface area contributed by atoms with Gasteiger partial charge in [0.05, 0.1) is 23.8 Å². The van der Waals surface area contributed by atoms with Gasteiger partial charge in [0.25, 0.3) is 5.56 Å². The molecule has 30 heavy (non-hydrogen) atoms. The Morgan fingerprint density at radius 2 is 2.03 bits per heavy atom. The molecule has 0 fully saturated rings. The summed E-state index contributed by atoms with van der Waals surface area (Å²) in [7, 11) is 0. The highest BCUT2D eigenvalue weighted by Crippen LogP contribution is 2.25. The molecule has 3 heterocycles. The number of fused-ring (bicyclic) bond motifs is 2. The average Bonchev–Trinajstić information content (AvgIpc) is 3.13. The van der Waals surface area contributed by atoms with Gasteiger partial charge in [-0.1, -0.05) is 24.3 Å². The van der Waals surface area contributed by atoms with Crippen LogP contribution < -0.4 is 11.3 Å². The smallest absolute Gasteiger partial charge is 0.266 e. The zero-order valence-electron chi connectivity index (χ0n) is 16.8. The molecule has 0 saturated carbocycles. The van der Waals surface area contributed by atoms with Gasteiger partial charge in [-0.2, -0.15) is 0 Å². The normalized spacial score (nSPS) is 14.2. The van der Waals surface area contributed by atoms with Gasteiger partial charge in [-0.15, -0.1) is 0 Å². The van der Waals surface area contributed by atoms with Crippen molar-refractivity contribution in [2.45, 2.75) is 33.2 Å². The molecule has 0 radical (unpaired) electrons. The van der Waals surface area contributed by atoms with Crippen molar-refractivity contribution in [3.63, 3.8) is 0 Å².